The Balaban J connectivity index is 0.00000264. The largest absolute Gasteiger partial charge is 0.324 e. The maximum atomic E-state index is 12.4. The van der Waals surface area contributed by atoms with Gasteiger partial charge in [-0.25, -0.2) is 0 Å². The third kappa shape index (κ3) is 5.79. The van der Waals surface area contributed by atoms with E-state index in [2.05, 4.69) is 48.4 Å². The molecule has 1 fully saturated rings. The van der Waals surface area contributed by atoms with Gasteiger partial charge in [0.05, 0.1) is 6.54 Å². The highest BCUT2D eigenvalue weighted by Crippen LogP contribution is 2.22. The molecule has 1 unspecified atom stereocenters. The zero-order valence-electron chi connectivity index (χ0n) is 14.7. The normalized spacial score (nSPS) is 18.3. The molecule has 0 aromatic heterocycles. The molecule has 1 aliphatic rings. The molecule has 1 aliphatic heterocycles. The summed E-state index contributed by atoms with van der Waals surface area (Å²) in [6, 6.07) is 4.24. The van der Waals surface area contributed by atoms with Gasteiger partial charge in [0.1, 0.15) is 0 Å². The zero-order chi connectivity index (χ0) is 16.1. The fourth-order valence-electron chi connectivity index (χ4n) is 3.51. The standard InChI is InChI=1S/C18H29N3O.ClH/c1-13-8-14(2)18(15(3)9-13)20-17(22)12-21-7-5-6-16(11-21)10-19-4;/h8-9,16,19H,5-7,10-12H2,1-4H3,(H,20,22);1H. The molecule has 130 valence electrons. The molecule has 1 amide bonds. The van der Waals surface area contributed by atoms with Gasteiger partial charge in [-0.05, 0) is 70.8 Å². The Morgan fingerprint density at radius 3 is 2.52 bits per heavy atom. The lowest BCUT2D eigenvalue weighted by Gasteiger charge is -2.32. The Bertz CT molecular complexity index is 508. The van der Waals surface area contributed by atoms with Gasteiger partial charge in [-0.15, -0.1) is 12.4 Å². The number of carbonyl (C=O) groups excluding carboxylic acids is 1. The number of hydrogen-bond donors (Lipinski definition) is 2. The summed E-state index contributed by atoms with van der Waals surface area (Å²) in [7, 11) is 1.99. The minimum Gasteiger partial charge on any atom is -0.324 e. The smallest absolute Gasteiger partial charge is 0.238 e. The molecule has 2 rings (SSSR count). The van der Waals surface area contributed by atoms with E-state index in [0.29, 0.717) is 12.5 Å². The van der Waals surface area contributed by atoms with Gasteiger partial charge in [0.25, 0.3) is 0 Å². The van der Waals surface area contributed by atoms with Gasteiger partial charge in [0.2, 0.25) is 5.91 Å². The Morgan fingerprint density at radius 1 is 1.26 bits per heavy atom. The summed E-state index contributed by atoms with van der Waals surface area (Å²) in [5.41, 5.74) is 4.48. The number of hydrogen-bond acceptors (Lipinski definition) is 3. The third-order valence-electron chi connectivity index (χ3n) is 4.40. The van der Waals surface area contributed by atoms with Crippen LogP contribution in [0.15, 0.2) is 12.1 Å². The Labute approximate surface area is 146 Å². The molecule has 4 nitrogen and oxygen atoms in total. The number of anilines is 1. The molecule has 23 heavy (non-hydrogen) atoms. The molecule has 2 N–H and O–H groups in total. The maximum absolute atomic E-state index is 12.4. The van der Waals surface area contributed by atoms with E-state index in [4.69, 9.17) is 0 Å². The summed E-state index contributed by atoms with van der Waals surface area (Å²) in [5, 5.41) is 6.35. The van der Waals surface area contributed by atoms with Crippen LogP contribution in [0, 0.1) is 26.7 Å². The highest BCUT2D eigenvalue weighted by Gasteiger charge is 2.21. The monoisotopic (exact) mass is 339 g/mol. The van der Waals surface area contributed by atoms with E-state index in [0.717, 1.165) is 36.4 Å². The van der Waals surface area contributed by atoms with Crippen LogP contribution in [0.5, 0.6) is 0 Å². The number of nitrogens with zero attached hydrogens (tertiary/aromatic N) is 1. The lowest BCUT2D eigenvalue weighted by Crippen LogP contribution is -2.42. The van der Waals surface area contributed by atoms with E-state index in [1.165, 1.54) is 18.4 Å². The number of likely N-dealkylation sites (tertiary alicyclic amines) is 1. The van der Waals surface area contributed by atoms with Crippen molar-refractivity contribution in [2.75, 3.05) is 38.5 Å². The van der Waals surface area contributed by atoms with E-state index in [-0.39, 0.29) is 18.3 Å². The van der Waals surface area contributed by atoms with Crippen LogP contribution >= 0.6 is 12.4 Å². The van der Waals surface area contributed by atoms with Gasteiger partial charge in [-0.2, -0.15) is 0 Å². The van der Waals surface area contributed by atoms with Gasteiger partial charge in [-0.3, -0.25) is 9.69 Å². The van der Waals surface area contributed by atoms with Crippen LogP contribution in [0.4, 0.5) is 5.69 Å². The summed E-state index contributed by atoms with van der Waals surface area (Å²) < 4.78 is 0. The molecule has 0 spiro atoms. The van der Waals surface area contributed by atoms with Crippen LogP contribution in [0.25, 0.3) is 0 Å². The molecule has 0 aliphatic carbocycles. The number of rotatable bonds is 5. The predicted molar refractivity (Wildman–Crippen MR) is 99.6 cm³/mol. The second-order valence-corrected chi connectivity index (χ2v) is 6.62. The molecule has 0 radical (unpaired) electrons. The SMILES string of the molecule is CNCC1CCCN(CC(=O)Nc2c(C)cc(C)cc2C)C1.Cl. The summed E-state index contributed by atoms with van der Waals surface area (Å²) in [6.07, 6.45) is 2.44. The van der Waals surface area contributed by atoms with Crippen molar-refractivity contribution in [1.82, 2.24) is 10.2 Å². The molecule has 1 aromatic carbocycles. The number of amides is 1. The van der Waals surface area contributed by atoms with Crippen molar-refractivity contribution in [3.8, 4) is 0 Å². The minimum absolute atomic E-state index is 0. The van der Waals surface area contributed by atoms with Crippen LogP contribution in [-0.4, -0.2) is 44.0 Å². The highest BCUT2D eigenvalue weighted by molar-refractivity contribution is 5.93. The van der Waals surface area contributed by atoms with E-state index >= 15 is 0 Å². The number of piperidine rings is 1. The van der Waals surface area contributed by atoms with Crippen LogP contribution in [0.3, 0.4) is 0 Å². The van der Waals surface area contributed by atoms with E-state index in [1.807, 2.05) is 7.05 Å². The van der Waals surface area contributed by atoms with Gasteiger partial charge < -0.3 is 10.6 Å². The molecule has 0 bridgehead atoms. The average Bonchev–Trinajstić information content (AvgIpc) is 2.43. The first-order valence-corrected chi connectivity index (χ1v) is 8.24. The lowest BCUT2D eigenvalue weighted by atomic mass is 9.98. The van der Waals surface area contributed by atoms with E-state index in [9.17, 15) is 4.79 Å². The van der Waals surface area contributed by atoms with Gasteiger partial charge >= 0.3 is 0 Å². The molecule has 1 aromatic rings. The molecule has 0 saturated carbocycles. The second-order valence-electron chi connectivity index (χ2n) is 6.62. The van der Waals surface area contributed by atoms with Crippen LogP contribution < -0.4 is 10.6 Å². The first-order valence-electron chi connectivity index (χ1n) is 8.24. The van der Waals surface area contributed by atoms with Crippen molar-refractivity contribution in [2.24, 2.45) is 5.92 Å². The second kappa shape index (κ2) is 9.26. The maximum Gasteiger partial charge on any atom is 0.238 e. The van der Waals surface area contributed by atoms with E-state index in [1.54, 1.807) is 0 Å². The zero-order valence-corrected chi connectivity index (χ0v) is 15.6. The molecule has 1 atom stereocenters. The topological polar surface area (TPSA) is 44.4 Å². The Hall–Kier alpha value is -1.10. The lowest BCUT2D eigenvalue weighted by molar-refractivity contribution is -0.117. The van der Waals surface area contributed by atoms with Crippen LogP contribution in [0.2, 0.25) is 0 Å². The van der Waals surface area contributed by atoms with Gasteiger partial charge in [0.15, 0.2) is 0 Å². The molecule has 1 heterocycles. The summed E-state index contributed by atoms with van der Waals surface area (Å²) >= 11 is 0. The molecule has 1 saturated heterocycles. The third-order valence-corrected chi connectivity index (χ3v) is 4.40. The predicted octanol–water partition coefficient (Wildman–Crippen LogP) is 2.90. The fraction of sp³-hybridized carbons (Fsp3) is 0.611. The molecule has 5 heteroatoms. The van der Waals surface area contributed by atoms with Crippen LogP contribution in [-0.2, 0) is 4.79 Å². The fourth-order valence-corrected chi connectivity index (χ4v) is 3.51. The van der Waals surface area contributed by atoms with Crippen molar-refractivity contribution in [2.45, 2.75) is 33.6 Å². The summed E-state index contributed by atoms with van der Waals surface area (Å²) in [4.78, 5) is 14.6. The van der Waals surface area contributed by atoms with E-state index < -0.39 is 0 Å². The Morgan fingerprint density at radius 2 is 1.91 bits per heavy atom. The van der Waals surface area contributed by atoms with Gasteiger partial charge in [-0.1, -0.05) is 17.7 Å². The van der Waals surface area contributed by atoms with Gasteiger partial charge in [0, 0.05) is 12.2 Å². The summed E-state index contributed by atoms with van der Waals surface area (Å²) in [6.45, 7) is 9.76. The first-order chi connectivity index (χ1) is 10.5. The van der Waals surface area contributed by atoms with Crippen molar-refractivity contribution < 1.29 is 4.79 Å². The van der Waals surface area contributed by atoms with Crippen molar-refractivity contribution >= 4 is 24.0 Å². The Kier molecular flexibility index (Phi) is 8.03. The molecular weight excluding hydrogens is 310 g/mol. The first kappa shape index (κ1) is 19.9. The number of aryl methyl sites for hydroxylation is 3. The average molecular weight is 340 g/mol. The molecular formula is C18H30ClN3O. The van der Waals surface area contributed by atoms with Crippen LogP contribution in [0.1, 0.15) is 29.5 Å². The number of halogens is 1. The number of nitrogens with one attached hydrogen (secondary N) is 2. The quantitative estimate of drug-likeness (QED) is 0.867. The minimum atomic E-state index is 0. The number of benzene rings is 1. The summed E-state index contributed by atoms with van der Waals surface area (Å²) in [5.74, 6) is 0.759. The van der Waals surface area contributed by atoms with Crippen molar-refractivity contribution in [1.29, 1.82) is 0 Å². The van der Waals surface area contributed by atoms with Crippen molar-refractivity contribution in [3.05, 3.63) is 28.8 Å². The van der Waals surface area contributed by atoms with Crippen molar-refractivity contribution in [3.63, 3.8) is 0 Å². The highest BCUT2D eigenvalue weighted by atomic mass is 35.5. The number of carbonyl (C=O) groups is 1.